The first-order valence-electron chi connectivity index (χ1n) is 6.51. The van der Waals surface area contributed by atoms with Gasteiger partial charge in [-0.3, -0.25) is 4.79 Å². The Kier molecular flexibility index (Phi) is 6.83. The second-order valence-corrected chi connectivity index (χ2v) is 5.80. The number of carboxylic acids is 1. The summed E-state index contributed by atoms with van der Waals surface area (Å²) in [7, 11) is 3.91. The summed E-state index contributed by atoms with van der Waals surface area (Å²) in [5.41, 5.74) is -0.148. The third-order valence-electron chi connectivity index (χ3n) is 3.33. The Labute approximate surface area is 115 Å². The van der Waals surface area contributed by atoms with Crippen LogP contribution in [0.4, 0.5) is 4.79 Å². The number of carbonyl (C=O) groups is 2. The van der Waals surface area contributed by atoms with Crippen LogP contribution in [0, 0.1) is 0 Å². The predicted octanol–water partition coefficient (Wildman–Crippen LogP) is 1.22. The summed E-state index contributed by atoms with van der Waals surface area (Å²) in [5, 5.41) is 11.6. The quantitative estimate of drug-likeness (QED) is 0.731. The Balaban J connectivity index is 4.45. The zero-order valence-corrected chi connectivity index (χ0v) is 12.9. The number of urea groups is 1. The molecule has 0 fully saturated rings. The molecule has 0 rings (SSSR count). The summed E-state index contributed by atoms with van der Waals surface area (Å²) in [4.78, 5) is 26.2. The van der Waals surface area contributed by atoms with Gasteiger partial charge in [0.2, 0.25) is 0 Å². The third kappa shape index (κ3) is 6.42. The van der Waals surface area contributed by atoms with Gasteiger partial charge < -0.3 is 20.2 Å². The molecule has 0 atom stereocenters. The first-order chi connectivity index (χ1) is 8.58. The summed E-state index contributed by atoms with van der Waals surface area (Å²) in [6.07, 6.45) is -0.0390. The molecule has 0 saturated heterocycles. The van der Waals surface area contributed by atoms with Crippen molar-refractivity contribution in [3.8, 4) is 0 Å². The van der Waals surface area contributed by atoms with Gasteiger partial charge in [-0.1, -0.05) is 0 Å². The second-order valence-electron chi connectivity index (χ2n) is 5.80. The number of carbonyl (C=O) groups excluding carboxylic acids is 1. The van der Waals surface area contributed by atoms with E-state index in [2.05, 4.69) is 5.32 Å². The van der Waals surface area contributed by atoms with E-state index >= 15 is 0 Å². The Hall–Kier alpha value is -1.30. The fourth-order valence-corrected chi connectivity index (χ4v) is 1.36. The molecule has 0 radical (unpaired) electrons. The standard InChI is InChI=1S/C13H27N3O3/c1-10(2)16(8-7-11(17)18)12(19)14-9-13(3,4)15(5)6/h10H,7-9H2,1-6H3,(H,14,19)(H,17,18). The molecule has 6 nitrogen and oxygen atoms in total. The Bertz CT molecular complexity index is 314. The molecule has 0 heterocycles. The van der Waals surface area contributed by atoms with Gasteiger partial charge in [-0.25, -0.2) is 4.79 Å². The second kappa shape index (κ2) is 7.33. The van der Waals surface area contributed by atoms with Gasteiger partial charge in [-0.15, -0.1) is 0 Å². The van der Waals surface area contributed by atoms with Gasteiger partial charge in [0.05, 0.1) is 6.42 Å². The van der Waals surface area contributed by atoms with Gasteiger partial charge in [-0.05, 0) is 41.8 Å². The van der Waals surface area contributed by atoms with E-state index in [4.69, 9.17) is 5.11 Å². The van der Waals surface area contributed by atoms with Crippen LogP contribution in [0.2, 0.25) is 0 Å². The summed E-state index contributed by atoms with van der Waals surface area (Å²) in [6.45, 7) is 8.54. The van der Waals surface area contributed by atoms with E-state index in [1.54, 1.807) is 4.90 Å². The Morgan fingerprint density at radius 2 is 1.79 bits per heavy atom. The normalized spacial score (nSPS) is 11.8. The lowest BCUT2D eigenvalue weighted by molar-refractivity contribution is -0.137. The highest BCUT2D eigenvalue weighted by Crippen LogP contribution is 2.08. The fourth-order valence-electron chi connectivity index (χ4n) is 1.36. The van der Waals surface area contributed by atoms with Crippen molar-refractivity contribution in [2.24, 2.45) is 0 Å². The Morgan fingerprint density at radius 3 is 2.16 bits per heavy atom. The number of aliphatic carboxylic acids is 1. The molecule has 0 unspecified atom stereocenters. The average Bonchev–Trinajstić information content (AvgIpc) is 2.25. The zero-order chi connectivity index (χ0) is 15.2. The molecule has 0 bridgehead atoms. The van der Waals surface area contributed by atoms with Crippen LogP contribution in [0.15, 0.2) is 0 Å². The highest BCUT2D eigenvalue weighted by Gasteiger charge is 2.24. The van der Waals surface area contributed by atoms with Crippen LogP contribution in [-0.2, 0) is 4.79 Å². The molecular formula is C13H27N3O3. The van der Waals surface area contributed by atoms with Crippen LogP contribution < -0.4 is 5.32 Å². The lowest BCUT2D eigenvalue weighted by Crippen LogP contribution is -2.52. The largest absolute Gasteiger partial charge is 0.481 e. The molecule has 0 aliphatic carbocycles. The van der Waals surface area contributed by atoms with Crippen LogP contribution in [0.1, 0.15) is 34.1 Å². The first-order valence-corrected chi connectivity index (χ1v) is 6.51. The Morgan fingerprint density at radius 1 is 1.26 bits per heavy atom. The van der Waals surface area contributed by atoms with Gasteiger partial charge in [0.1, 0.15) is 0 Å². The van der Waals surface area contributed by atoms with Gasteiger partial charge in [-0.2, -0.15) is 0 Å². The molecule has 6 heteroatoms. The summed E-state index contributed by atoms with van der Waals surface area (Å²) < 4.78 is 0. The lowest BCUT2D eigenvalue weighted by Gasteiger charge is -2.34. The zero-order valence-electron chi connectivity index (χ0n) is 12.9. The third-order valence-corrected chi connectivity index (χ3v) is 3.33. The number of amides is 2. The predicted molar refractivity (Wildman–Crippen MR) is 75.3 cm³/mol. The molecule has 0 aromatic heterocycles. The number of carboxylic acid groups (broad SMARTS) is 1. The van der Waals surface area contributed by atoms with Crippen LogP contribution in [0.25, 0.3) is 0 Å². The van der Waals surface area contributed by atoms with Crippen molar-refractivity contribution in [3.05, 3.63) is 0 Å². The van der Waals surface area contributed by atoms with Gasteiger partial charge in [0.25, 0.3) is 0 Å². The highest BCUT2D eigenvalue weighted by atomic mass is 16.4. The molecule has 0 aromatic rings. The van der Waals surface area contributed by atoms with E-state index < -0.39 is 5.97 Å². The van der Waals surface area contributed by atoms with Crippen LogP contribution in [0.5, 0.6) is 0 Å². The number of rotatable bonds is 7. The highest BCUT2D eigenvalue weighted by molar-refractivity contribution is 5.75. The minimum atomic E-state index is -0.896. The van der Waals surface area contributed by atoms with Crippen molar-refractivity contribution in [3.63, 3.8) is 0 Å². The maximum atomic E-state index is 12.1. The van der Waals surface area contributed by atoms with E-state index in [1.165, 1.54) is 0 Å². The molecule has 0 aliphatic rings. The fraction of sp³-hybridized carbons (Fsp3) is 0.846. The molecule has 0 aliphatic heterocycles. The molecule has 2 amide bonds. The summed E-state index contributed by atoms with van der Waals surface area (Å²) >= 11 is 0. The van der Waals surface area contributed by atoms with Gasteiger partial charge in [0, 0.05) is 24.7 Å². The SMILES string of the molecule is CC(C)N(CCC(=O)O)C(=O)NCC(C)(C)N(C)C. The first kappa shape index (κ1) is 17.7. The van der Waals surface area contributed by atoms with E-state index in [1.807, 2.05) is 46.7 Å². The van der Waals surface area contributed by atoms with Crippen molar-refractivity contribution in [2.45, 2.75) is 45.7 Å². The average molecular weight is 273 g/mol. The molecule has 0 spiro atoms. The van der Waals surface area contributed by atoms with Crippen molar-refractivity contribution in [1.29, 1.82) is 0 Å². The van der Waals surface area contributed by atoms with Crippen LogP contribution in [0.3, 0.4) is 0 Å². The minimum Gasteiger partial charge on any atom is -0.481 e. The van der Waals surface area contributed by atoms with Crippen molar-refractivity contribution in [1.82, 2.24) is 15.1 Å². The van der Waals surface area contributed by atoms with Crippen molar-refractivity contribution < 1.29 is 14.7 Å². The molecule has 112 valence electrons. The summed E-state index contributed by atoms with van der Waals surface area (Å²) in [6, 6.07) is -0.243. The monoisotopic (exact) mass is 273 g/mol. The van der Waals surface area contributed by atoms with E-state index in [0.717, 1.165) is 0 Å². The number of hydrogen-bond donors (Lipinski definition) is 2. The number of nitrogens with one attached hydrogen (secondary N) is 1. The maximum Gasteiger partial charge on any atom is 0.317 e. The number of hydrogen-bond acceptors (Lipinski definition) is 3. The topological polar surface area (TPSA) is 72.9 Å². The van der Waals surface area contributed by atoms with Crippen molar-refractivity contribution >= 4 is 12.0 Å². The minimum absolute atomic E-state index is 0.0261. The van der Waals surface area contributed by atoms with Crippen molar-refractivity contribution in [2.75, 3.05) is 27.2 Å². The van der Waals surface area contributed by atoms with Gasteiger partial charge >= 0.3 is 12.0 Å². The van der Waals surface area contributed by atoms with E-state index in [9.17, 15) is 9.59 Å². The van der Waals surface area contributed by atoms with Crippen LogP contribution in [-0.4, -0.2) is 65.7 Å². The van der Waals surface area contributed by atoms with Crippen LogP contribution >= 0.6 is 0 Å². The molecular weight excluding hydrogens is 246 g/mol. The molecule has 0 aromatic carbocycles. The van der Waals surface area contributed by atoms with E-state index in [-0.39, 0.29) is 30.6 Å². The molecule has 19 heavy (non-hydrogen) atoms. The summed E-state index contributed by atoms with van der Waals surface area (Å²) in [5.74, 6) is -0.896. The molecule has 2 N–H and O–H groups in total. The molecule has 0 saturated carbocycles. The maximum absolute atomic E-state index is 12.1. The van der Waals surface area contributed by atoms with E-state index in [0.29, 0.717) is 6.54 Å². The lowest BCUT2D eigenvalue weighted by atomic mass is 10.0. The van der Waals surface area contributed by atoms with Gasteiger partial charge in [0.15, 0.2) is 0 Å². The smallest absolute Gasteiger partial charge is 0.317 e. The number of likely N-dealkylation sites (N-methyl/N-ethyl adjacent to an activating group) is 1. The number of nitrogens with zero attached hydrogens (tertiary/aromatic N) is 2.